The van der Waals surface area contributed by atoms with Crippen LogP contribution in [0.5, 0.6) is 0 Å². The van der Waals surface area contributed by atoms with Crippen molar-refractivity contribution in [3.05, 3.63) is 35.4 Å². The first kappa shape index (κ1) is 9.51. The number of rotatable bonds is 3. The highest BCUT2D eigenvalue weighted by Crippen LogP contribution is 2.06. The van der Waals surface area contributed by atoms with Crippen molar-refractivity contribution >= 4 is 28.6 Å². The lowest BCUT2D eigenvalue weighted by Crippen LogP contribution is -1.97. The van der Waals surface area contributed by atoms with Gasteiger partial charge < -0.3 is 5.11 Å². The van der Waals surface area contributed by atoms with Crippen LogP contribution < -0.4 is 0 Å². The fraction of sp³-hybridized carbons (Fsp3) is 0.222. The molecule has 0 bridgehead atoms. The second-order valence-corrected chi connectivity index (χ2v) is 3.52. The summed E-state index contributed by atoms with van der Waals surface area (Å²) in [6, 6.07) is 7.07. The molecule has 64 valence electrons. The van der Waals surface area contributed by atoms with Crippen LogP contribution in [-0.4, -0.2) is 15.5 Å². The summed E-state index contributed by atoms with van der Waals surface area (Å²) in [6.45, 7) is 0. The molecule has 0 aromatic heterocycles. The molecule has 1 aromatic rings. The van der Waals surface area contributed by atoms with Crippen molar-refractivity contribution < 1.29 is 9.90 Å². The molecular formula is C9H9IO2. The van der Waals surface area contributed by atoms with E-state index in [2.05, 4.69) is 22.6 Å². The van der Waals surface area contributed by atoms with Crippen LogP contribution >= 0.6 is 22.6 Å². The Labute approximate surface area is 84.7 Å². The molecule has 0 atom stereocenters. The molecule has 12 heavy (non-hydrogen) atoms. The SMILES string of the molecule is O=C(O)c1cccc(CCI)c1. The van der Waals surface area contributed by atoms with E-state index in [0.29, 0.717) is 5.56 Å². The first-order valence-corrected chi connectivity index (χ1v) is 5.15. The molecular weight excluding hydrogens is 267 g/mol. The van der Waals surface area contributed by atoms with Gasteiger partial charge >= 0.3 is 5.97 Å². The number of hydrogen-bond acceptors (Lipinski definition) is 1. The Bertz CT molecular complexity index is 284. The monoisotopic (exact) mass is 276 g/mol. The van der Waals surface area contributed by atoms with E-state index in [9.17, 15) is 4.79 Å². The number of carboxylic acid groups (broad SMARTS) is 1. The van der Waals surface area contributed by atoms with Gasteiger partial charge in [-0.15, -0.1) is 0 Å². The van der Waals surface area contributed by atoms with Crippen molar-refractivity contribution in [2.24, 2.45) is 0 Å². The number of benzene rings is 1. The summed E-state index contributed by atoms with van der Waals surface area (Å²) in [6.07, 6.45) is 0.932. The summed E-state index contributed by atoms with van der Waals surface area (Å²) in [5, 5.41) is 8.68. The molecule has 0 saturated heterocycles. The summed E-state index contributed by atoms with van der Waals surface area (Å²) in [7, 11) is 0. The van der Waals surface area contributed by atoms with E-state index < -0.39 is 5.97 Å². The standard InChI is InChI=1S/C9H9IO2/c10-5-4-7-2-1-3-8(6-7)9(11)12/h1-3,6H,4-5H2,(H,11,12). The van der Waals surface area contributed by atoms with Crippen LogP contribution in [0.3, 0.4) is 0 Å². The van der Waals surface area contributed by atoms with Gasteiger partial charge in [0.25, 0.3) is 0 Å². The molecule has 0 aliphatic carbocycles. The first-order chi connectivity index (χ1) is 5.74. The number of halogens is 1. The van der Waals surface area contributed by atoms with E-state index in [1.54, 1.807) is 18.2 Å². The quantitative estimate of drug-likeness (QED) is 0.679. The van der Waals surface area contributed by atoms with Crippen LogP contribution in [0.25, 0.3) is 0 Å². The smallest absolute Gasteiger partial charge is 0.335 e. The summed E-state index contributed by atoms with van der Waals surface area (Å²) in [4.78, 5) is 10.6. The summed E-state index contributed by atoms with van der Waals surface area (Å²) >= 11 is 2.27. The Morgan fingerprint density at radius 3 is 2.83 bits per heavy atom. The highest BCUT2D eigenvalue weighted by Gasteiger charge is 2.01. The second-order valence-electron chi connectivity index (χ2n) is 2.44. The van der Waals surface area contributed by atoms with E-state index in [-0.39, 0.29) is 0 Å². The van der Waals surface area contributed by atoms with E-state index in [1.807, 2.05) is 6.07 Å². The Kier molecular flexibility index (Phi) is 3.52. The zero-order chi connectivity index (χ0) is 8.97. The molecule has 0 aliphatic rings. The lowest BCUT2D eigenvalue weighted by Gasteiger charge is -1.98. The van der Waals surface area contributed by atoms with Gasteiger partial charge in [0, 0.05) is 4.43 Å². The maximum atomic E-state index is 10.6. The number of aromatic carboxylic acids is 1. The van der Waals surface area contributed by atoms with Crippen molar-refractivity contribution in [2.75, 3.05) is 4.43 Å². The normalized spacial score (nSPS) is 9.75. The predicted octanol–water partition coefficient (Wildman–Crippen LogP) is 2.36. The average Bonchev–Trinajstić information content (AvgIpc) is 2.05. The topological polar surface area (TPSA) is 37.3 Å². The van der Waals surface area contributed by atoms with E-state index in [1.165, 1.54) is 0 Å². The van der Waals surface area contributed by atoms with Crippen LogP contribution in [-0.2, 0) is 6.42 Å². The highest BCUT2D eigenvalue weighted by molar-refractivity contribution is 14.1. The fourth-order valence-corrected chi connectivity index (χ4v) is 1.59. The third kappa shape index (κ3) is 2.48. The molecule has 1 aromatic carbocycles. The Morgan fingerprint density at radius 2 is 2.25 bits per heavy atom. The number of aryl methyl sites for hydroxylation is 1. The number of hydrogen-bond donors (Lipinski definition) is 1. The summed E-state index contributed by atoms with van der Waals surface area (Å²) < 4.78 is 1.01. The fourth-order valence-electron chi connectivity index (χ4n) is 0.969. The molecule has 0 spiro atoms. The van der Waals surface area contributed by atoms with Crippen LogP contribution in [0.1, 0.15) is 15.9 Å². The zero-order valence-electron chi connectivity index (χ0n) is 6.46. The van der Waals surface area contributed by atoms with Gasteiger partial charge in [-0.25, -0.2) is 4.79 Å². The first-order valence-electron chi connectivity index (χ1n) is 3.62. The maximum Gasteiger partial charge on any atom is 0.335 e. The highest BCUT2D eigenvalue weighted by atomic mass is 127. The number of alkyl halides is 1. The van der Waals surface area contributed by atoms with Gasteiger partial charge in [-0.1, -0.05) is 34.7 Å². The second kappa shape index (κ2) is 4.45. The van der Waals surface area contributed by atoms with Crippen LogP contribution in [0.15, 0.2) is 24.3 Å². The van der Waals surface area contributed by atoms with Gasteiger partial charge in [0.1, 0.15) is 0 Å². The van der Waals surface area contributed by atoms with Gasteiger partial charge in [-0.3, -0.25) is 0 Å². The van der Waals surface area contributed by atoms with Crippen molar-refractivity contribution in [1.29, 1.82) is 0 Å². The van der Waals surface area contributed by atoms with Crippen LogP contribution in [0, 0.1) is 0 Å². The Balaban J connectivity index is 2.88. The third-order valence-corrected chi connectivity index (χ3v) is 2.10. The third-order valence-electron chi connectivity index (χ3n) is 1.56. The molecule has 0 amide bonds. The lowest BCUT2D eigenvalue weighted by molar-refractivity contribution is 0.0697. The minimum Gasteiger partial charge on any atom is -0.478 e. The van der Waals surface area contributed by atoms with Gasteiger partial charge in [0.05, 0.1) is 5.56 Å². The van der Waals surface area contributed by atoms with Gasteiger partial charge in [-0.2, -0.15) is 0 Å². The van der Waals surface area contributed by atoms with Crippen LogP contribution in [0.4, 0.5) is 0 Å². The predicted molar refractivity (Wildman–Crippen MR) is 56.0 cm³/mol. The van der Waals surface area contributed by atoms with Crippen molar-refractivity contribution in [3.63, 3.8) is 0 Å². The number of carboxylic acids is 1. The number of carbonyl (C=O) groups is 1. The molecule has 2 nitrogen and oxygen atoms in total. The molecule has 0 fully saturated rings. The molecule has 0 aliphatic heterocycles. The summed E-state index contributed by atoms with van der Waals surface area (Å²) in [5.41, 5.74) is 1.46. The molecule has 0 heterocycles. The minimum absolute atomic E-state index is 0.373. The molecule has 3 heteroatoms. The molecule has 1 rings (SSSR count). The van der Waals surface area contributed by atoms with Crippen LogP contribution in [0.2, 0.25) is 0 Å². The molecule has 1 N–H and O–H groups in total. The minimum atomic E-state index is -0.856. The average molecular weight is 276 g/mol. The van der Waals surface area contributed by atoms with Gasteiger partial charge in [-0.05, 0) is 24.1 Å². The van der Waals surface area contributed by atoms with Crippen molar-refractivity contribution in [1.82, 2.24) is 0 Å². The van der Waals surface area contributed by atoms with E-state index in [4.69, 9.17) is 5.11 Å². The van der Waals surface area contributed by atoms with Gasteiger partial charge in [0.2, 0.25) is 0 Å². The van der Waals surface area contributed by atoms with Crippen molar-refractivity contribution in [3.8, 4) is 0 Å². The van der Waals surface area contributed by atoms with Crippen molar-refractivity contribution in [2.45, 2.75) is 6.42 Å². The summed E-state index contributed by atoms with van der Waals surface area (Å²) in [5.74, 6) is -0.856. The molecule has 0 saturated carbocycles. The Morgan fingerprint density at radius 1 is 1.50 bits per heavy atom. The maximum absolute atomic E-state index is 10.6. The molecule has 0 unspecified atom stereocenters. The molecule has 0 radical (unpaired) electrons. The van der Waals surface area contributed by atoms with E-state index >= 15 is 0 Å². The van der Waals surface area contributed by atoms with Gasteiger partial charge in [0.15, 0.2) is 0 Å². The largest absolute Gasteiger partial charge is 0.478 e. The zero-order valence-corrected chi connectivity index (χ0v) is 8.61. The van der Waals surface area contributed by atoms with E-state index in [0.717, 1.165) is 16.4 Å². The lowest BCUT2D eigenvalue weighted by atomic mass is 10.1. The Hall–Kier alpha value is -0.580.